The van der Waals surface area contributed by atoms with Crippen molar-refractivity contribution in [2.75, 3.05) is 6.61 Å². The summed E-state index contributed by atoms with van der Waals surface area (Å²) in [6.45, 7) is 2.09. The Kier molecular flexibility index (Phi) is 2.19. The second-order valence-corrected chi connectivity index (χ2v) is 7.35. The first kappa shape index (κ1) is 11.3. The third-order valence-electron chi connectivity index (χ3n) is 6.25. The van der Waals surface area contributed by atoms with Gasteiger partial charge >= 0.3 is 0 Å². The summed E-state index contributed by atoms with van der Waals surface area (Å²) in [5.41, 5.74) is -0.354. The number of aliphatic hydroxyl groups excluding tert-OH is 1. The summed E-state index contributed by atoms with van der Waals surface area (Å²) >= 11 is 0. The van der Waals surface area contributed by atoms with Crippen LogP contribution in [0.1, 0.15) is 39.0 Å². The van der Waals surface area contributed by atoms with E-state index in [1.54, 1.807) is 0 Å². The highest BCUT2D eigenvalue weighted by molar-refractivity contribution is 5.83. The topological polar surface area (TPSA) is 49.3 Å². The van der Waals surface area contributed by atoms with Crippen LogP contribution in [0.5, 0.6) is 0 Å². The van der Waals surface area contributed by atoms with E-state index in [0.717, 1.165) is 24.7 Å². The average molecular weight is 249 g/mol. The maximum absolute atomic E-state index is 12.4. The van der Waals surface area contributed by atoms with Gasteiger partial charge in [-0.2, -0.15) is 0 Å². The lowest BCUT2D eigenvalue weighted by Crippen LogP contribution is -2.51. The monoisotopic (exact) mass is 249 g/mol. The zero-order chi connectivity index (χ0) is 12.5. The molecule has 0 heterocycles. The van der Waals surface area contributed by atoms with Gasteiger partial charge in [0.15, 0.2) is 0 Å². The van der Waals surface area contributed by atoms with Gasteiger partial charge < -0.3 is 10.4 Å². The lowest BCUT2D eigenvalue weighted by Gasteiger charge is -2.29. The van der Waals surface area contributed by atoms with E-state index in [1.165, 1.54) is 19.3 Å². The molecule has 4 fully saturated rings. The number of hydrogen-bond acceptors (Lipinski definition) is 2. The summed E-state index contributed by atoms with van der Waals surface area (Å²) in [4.78, 5) is 12.4. The highest BCUT2D eigenvalue weighted by atomic mass is 16.3. The Labute approximate surface area is 108 Å². The first-order valence-corrected chi connectivity index (χ1v) is 7.57. The minimum absolute atomic E-state index is 0.0817. The Morgan fingerprint density at radius 3 is 2.33 bits per heavy atom. The van der Waals surface area contributed by atoms with Gasteiger partial charge in [0.05, 0.1) is 12.1 Å². The highest BCUT2D eigenvalue weighted by Crippen LogP contribution is 2.69. The molecule has 1 amide bonds. The number of nitrogens with one attached hydrogen (secondary N) is 1. The maximum atomic E-state index is 12.4. The van der Waals surface area contributed by atoms with Crippen LogP contribution < -0.4 is 5.32 Å². The van der Waals surface area contributed by atoms with Crippen molar-refractivity contribution in [2.45, 2.75) is 44.6 Å². The van der Waals surface area contributed by atoms with Crippen LogP contribution in [0.2, 0.25) is 0 Å². The van der Waals surface area contributed by atoms with Crippen molar-refractivity contribution in [1.82, 2.24) is 5.32 Å². The van der Waals surface area contributed by atoms with Gasteiger partial charge in [0, 0.05) is 5.92 Å². The Balaban J connectivity index is 1.43. The van der Waals surface area contributed by atoms with Crippen molar-refractivity contribution in [3.05, 3.63) is 0 Å². The normalized spacial score (nSPS) is 47.6. The van der Waals surface area contributed by atoms with Gasteiger partial charge in [0.1, 0.15) is 0 Å². The Morgan fingerprint density at radius 1 is 1.22 bits per heavy atom. The van der Waals surface area contributed by atoms with Crippen LogP contribution in [0.3, 0.4) is 0 Å². The van der Waals surface area contributed by atoms with Crippen LogP contribution in [0, 0.1) is 35.5 Å². The maximum Gasteiger partial charge on any atom is 0.224 e. The molecule has 0 aromatic rings. The van der Waals surface area contributed by atoms with Gasteiger partial charge in [-0.15, -0.1) is 0 Å². The summed E-state index contributed by atoms with van der Waals surface area (Å²) in [7, 11) is 0. The van der Waals surface area contributed by atoms with E-state index in [4.69, 9.17) is 0 Å². The van der Waals surface area contributed by atoms with Gasteiger partial charge in [0.2, 0.25) is 5.91 Å². The Bertz CT molecular complexity index is 376. The van der Waals surface area contributed by atoms with Gasteiger partial charge in [-0.3, -0.25) is 4.79 Å². The fourth-order valence-electron chi connectivity index (χ4n) is 5.03. The third kappa shape index (κ3) is 1.43. The van der Waals surface area contributed by atoms with E-state index < -0.39 is 0 Å². The molecule has 0 spiro atoms. The minimum atomic E-state index is -0.354. The van der Waals surface area contributed by atoms with Crippen molar-refractivity contribution in [1.29, 1.82) is 0 Å². The van der Waals surface area contributed by atoms with E-state index in [9.17, 15) is 9.90 Å². The Hall–Kier alpha value is -0.570. The minimum Gasteiger partial charge on any atom is -0.394 e. The van der Waals surface area contributed by atoms with Crippen LogP contribution in [-0.4, -0.2) is 23.2 Å². The summed E-state index contributed by atoms with van der Waals surface area (Å²) in [5, 5.41) is 12.7. The zero-order valence-corrected chi connectivity index (χ0v) is 11.1. The molecular formula is C15H23NO2. The molecular weight excluding hydrogens is 226 g/mol. The molecule has 0 radical (unpaired) electrons. The summed E-state index contributed by atoms with van der Waals surface area (Å²) in [5.74, 6) is 4.12. The van der Waals surface area contributed by atoms with Crippen LogP contribution in [0.15, 0.2) is 0 Å². The predicted octanol–water partition coefficient (Wildman–Crippen LogP) is 1.56. The number of carbonyl (C=O) groups excluding carboxylic acids is 1. The van der Waals surface area contributed by atoms with E-state index >= 15 is 0 Å². The summed E-state index contributed by atoms with van der Waals surface area (Å²) in [6.07, 6.45) is 6.41. The number of fused-ring (bicyclic) bond motifs is 5. The molecule has 5 atom stereocenters. The van der Waals surface area contributed by atoms with E-state index in [-0.39, 0.29) is 18.1 Å². The number of aliphatic hydroxyl groups is 1. The molecule has 3 nitrogen and oxygen atoms in total. The lowest BCUT2D eigenvalue weighted by molar-refractivity contribution is -0.126. The van der Waals surface area contributed by atoms with Crippen LogP contribution in [0.4, 0.5) is 0 Å². The molecule has 0 saturated heterocycles. The van der Waals surface area contributed by atoms with E-state index in [2.05, 4.69) is 5.32 Å². The first-order chi connectivity index (χ1) is 8.64. The molecule has 2 N–H and O–H groups in total. The van der Waals surface area contributed by atoms with Crippen molar-refractivity contribution in [3.63, 3.8) is 0 Å². The second-order valence-electron chi connectivity index (χ2n) is 7.35. The average Bonchev–Trinajstić information content (AvgIpc) is 3.27. The molecule has 4 aliphatic rings. The van der Waals surface area contributed by atoms with Crippen molar-refractivity contribution < 1.29 is 9.90 Å². The highest BCUT2D eigenvalue weighted by Gasteiger charge is 2.67. The van der Waals surface area contributed by atoms with Crippen LogP contribution in [0.25, 0.3) is 0 Å². The van der Waals surface area contributed by atoms with Crippen molar-refractivity contribution >= 4 is 5.91 Å². The fourth-order valence-corrected chi connectivity index (χ4v) is 5.03. The predicted molar refractivity (Wildman–Crippen MR) is 67.7 cm³/mol. The smallest absolute Gasteiger partial charge is 0.224 e. The number of rotatable bonds is 4. The molecule has 18 heavy (non-hydrogen) atoms. The van der Waals surface area contributed by atoms with Crippen LogP contribution >= 0.6 is 0 Å². The standard InChI is InChI=1S/C15H23NO2/c1-15(7-17,10-4-5-10)16-14(18)13-11-8-2-3-9(6-8)12(11)13/h8-13,17H,2-7H2,1H3,(H,16,18). The quantitative estimate of drug-likeness (QED) is 0.794. The summed E-state index contributed by atoms with van der Waals surface area (Å²) in [6, 6.07) is 0. The second kappa shape index (κ2) is 3.50. The summed E-state index contributed by atoms with van der Waals surface area (Å²) < 4.78 is 0. The molecule has 0 aliphatic heterocycles. The molecule has 2 bridgehead atoms. The van der Waals surface area contributed by atoms with E-state index in [1.807, 2.05) is 6.92 Å². The van der Waals surface area contributed by atoms with Gasteiger partial charge in [0.25, 0.3) is 0 Å². The molecule has 0 aromatic heterocycles. The Morgan fingerprint density at radius 2 is 1.83 bits per heavy atom. The lowest BCUT2D eigenvalue weighted by atomic mass is 9.95. The SMILES string of the molecule is CC(CO)(NC(=O)C1C2C3CCC(C3)C12)C1CC1. The molecule has 4 saturated carbocycles. The first-order valence-electron chi connectivity index (χ1n) is 7.57. The molecule has 4 aliphatic carbocycles. The molecule has 3 heteroatoms. The number of hydrogen-bond donors (Lipinski definition) is 2. The molecule has 5 unspecified atom stereocenters. The van der Waals surface area contributed by atoms with Crippen molar-refractivity contribution in [2.24, 2.45) is 35.5 Å². The number of carbonyl (C=O) groups is 1. The van der Waals surface area contributed by atoms with Crippen molar-refractivity contribution in [3.8, 4) is 0 Å². The number of amides is 1. The van der Waals surface area contributed by atoms with Gasteiger partial charge in [-0.05, 0) is 68.6 Å². The van der Waals surface area contributed by atoms with E-state index in [0.29, 0.717) is 23.7 Å². The molecule has 100 valence electrons. The van der Waals surface area contributed by atoms with Gasteiger partial charge in [-0.25, -0.2) is 0 Å². The fraction of sp³-hybridized carbons (Fsp3) is 0.933. The van der Waals surface area contributed by atoms with Gasteiger partial charge in [-0.1, -0.05) is 0 Å². The van der Waals surface area contributed by atoms with Crippen LogP contribution in [-0.2, 0) is 4.79 Å². The largest absolute Gasteiger partial charge is 0.394 e. The molecule has 0 aromatic carbocycles. The zero-order valence-electron chi connectivity index (χ0n) is 11.1. The third-order valence-corrected chi connectivity index (χ3v) is 6.25. The molecule has 4 rings (SSSR count).